The zero-order valence-corrected chi connectivity index (χ0v) is 12.7. The summed E-state index contributed by atoms with van der Waals surface area (Å²) in [7, 11) is 1.90. The maximum Gasteiger partial charge on any atom is 0.161 e. The van der Waals surface area contributed by atoms with Crippen LogP contribution in [0.2, 0.25) is 0 Å². The standard InChI is InChI=1S/C14H16IN3/c1-3-7-11-12(15)14(16-2)18-13(17-11)10-8-5-4-6-9-10/h4-6,8-9H,3,7H2,1-2H3,(H,16,17,18). The van der Waals surface area contributed by atoms with Gasteiger partial charge >= 0.3 is 0 Å². The Bertz CT molecular complexity index is 526. The van der Waals surface area contributed by atoms with Crippen LogP contribution >= 0.6 is 22.6 Å². The van der Waals surface area contributed by atoms with Gasteiger partial charge in [0.25, 0.3) is 0 Å². The molecule has 0 saturated carbocycles. The maximum atomic E-state index is 4.68. The molecular weight excluding hydrogens is 337 g/mol. The summed E-state index contributed by atoms with van der Waals surface area (Å²) in [5, 5.41) is 3.15. The molecule has 0 aliphatic carbocycles. The first-order valence-corrected chi connectivity index (χ1v) is 7.13. The number of nitrogens with zero attached hydrogens (tertiary/aromatic N) is 2. The SMILES string of the molecule is CCCc1nc(-c2ccccc2)nc(NC)c1I. The van der Waals surface area contributed by atoms with E-state index in [1.54, 1.807) is 0 Å². The normalized spacial score (nSPS) is 10.4. The van der Waals surface area contributed by atoms with Crippen molar-refractivity contribution in [2.45, 2.75) is 19.8 Å². The number of nitrogens with one attached hydrogen (secondary N) is 1. The van der Waals surface area contributed by atoms with Gasteiger partial charge in [-0.1, -0.05) is 43.7 Å². The second-order valence-corrected chi connectivity index (χ2v) is 5.10. The third-order valence-corrected chi connectivity index (χ3v) is 3.81. The van der Waals surface area contributed by atoms with Crippen molar-refractivity contribution in [1.82, 2.24) is 9.97 Å². The van der Waals surface area contributed by atoms with Crippen LogP contribution in [0.25, 0.3) is 11.4 Å². The largest absolute Gasteiger partial charge is 0.372 e. The van der Waals surface area contributed by atoms with E-state index in [1.807, 2.05) is 37.4 Å². The summed E-state index contributed by atoms with van der Waals surface area (Å²) in [6.07, 6.45) is 2.07. The Balaban J connectivity index is 2.52. The molecule has 2 aromatic rings. The van der Waals surface area contributed by atoms with Crippen molar-refractivity contribution >= 4 is 28.4 Å². The highest BCUT2D eigenvalue weighted by molar-refractivity contribution is 14.1. The fourth-order valence-corrected chi connectivity index (χ4v) is 2.56. The first-order valence-electron chi connectivity index (χ1n) is 6.05. The lowest BCUT2D eigenvalue weighted by molar-refractivity contribution is 0.868. The average Bonchev–Trinajstić information content (AvgIpc) is 2.42. The van der Waals surface area contributed by atoms with Gasteiger partial charge in [-0.25, -0.2) is 9.97 Å². The Morgan fingerprint density at radius 3 is 2.50 bits per heavy atom. The Kier molecular flexibility index (Phi) is 4.52. The van der Waals surface area contributed by atoms with Crippen LogP contribution in [0.3, 0.4) is 0 Å². The number of aryl methyl sites for hydroxylation is 1. The van der Waals surface area contributed by atoms with E-state index in [9.17, 15) is 0 Å². The number of halogens is 1. The molecule has 0 aliphatic rings. The fourth-order valence-electron chi connectivity index (χ4n) is 1.78. The summed E-state index contributed by atoms with van der Waals surface area (Å²) in [5.41, 5.74) is 2.18. The van der Waals surface area contributed by atoms with Gasteiger partial charge in [0.15, 0.2) is 5.82 Å². The number of hydrogen-bond acceptors (Lipinski definition) is 3. The minimum absolute atomic E-state index is 0.795. The van der Waals surface area contributed by atoms with E-state index in [4.69, 9.17) is 0 Å². The van der Waals surface area contributed by atoms with E-state index in [0.717, 1.165) is 39.3 Å². The van der Waals surface area contributed by atoms with Crippen LogP contribution in [0.1, 0.15) is 19.0 Å². The lowest BCUT2D eigenvalue weighted by atomic mass is 10.2. The van der Waals surface area contributed by atoms with Crippen LogP contribution in [-0.2, 0) is 6.42 Å². The predicted molar refractivity (Wildman–Crippen MR) is 83.7 cm³/mol. The molecule has 4 heteroatoms. The summed E-state index contributed by atoms with van der Waals surface area (Å²) in [6.45, 7) is 2.17. The van der Waals surface area contributed by atoms with Gasteiger partial charge in [-0.3, -0.25) is 0 Å². The average molecular weight is 353 g/mol. The van der Waals surface area contributed by atoms with Gasteiger partial charge < -0.3 is 5.32 Å². The van der Waals surface area contributed by atoms with Gasteiger partial charge in [-0.05, 0) is 29.0 Å². The third kappa shape index (κ3) is 2.80. The third-order valence-electron chi connectivity index (χ3n) is 2.68. The van der Waals surface area contributed by atoms with Crippen molar-refractivity contribution < 1.29 is 0 Å². The molecule has 3 nitrogen and oxygen atoms in total. The van der Waals surface area contributed by atoms with Crippen LogP contribution in [0.15, 0.2) is 30.3 Å². The van der Waals surface area contributed by atoms with E-state index >= 15 is 0 Å². The van der Waals surface area contributed by atoms with Crippen LogP contribution < -0.4 is 5.32 Å². The molecule has 18 heavy (non-hydrogen) atoms. The minimum atomic E-state index is 0.795. The van der Waals surface area contributed by atoms with Gasteiger partial charge in [0.05, 0.1) is 9.26 Å². The highest BCUT2D eigenvalue weighted by Gasteiger charge is 2.11. The van der Waals surface area contributed by atoms with Crippen LogP contribution in [0.4, 0.5) is 5.82 Å². The first-order chi connectivity index (χ1) is 8.76. The molecule has 1 heterocycles. The van der Waals surface area contributed by atoms with Gasteiger partial charge in [-0.2, -0.15) is 0 Å². The van der Waals surface area contributed by atoms with E-state index in [0.29, 0.717) is 0 Å². The van der Waals surface area contributed by atoms with Crippen molar-refractivity contribution in [1.29, 1.82) is 0 Å². The van der Waals surface area contributed by atoms with E-state index < -0.39 is 0 Å². The smallest absolute Gasteiger partial charge is 0.161 e. The van der Waals surface area contributed by atoms with E-state index in [1.165, 1.54) is 0 Å². The molecule has 0 bridgehead atoms. The zero-order valence-electron chi connectivity index (χ0n) is 10.6. The lowest BCUT2D eigenvalue weighted by Crippen LogP contribution is -2.05. The van der Waals surface area contributed by atoms with Crippen LogP contribution in [0, 0.1) is 3.57 Å². The minimum Gasteiger partial charge on any atom is -0.372 e. The molecule has 2 rings (SSSR count). The van der Waals surface area contributed by atoms with Gasteiger partial charge in [0, 0.05) is 12.6 Å². The van der Waals surface area contributed by atoms with Crippen molar-refractivity contribution in [2.24, 2.45) is 0 Å². The van der Waals surface area contributed by atoms with E-state index in [-0.39, 0.29) is 0 Å². The number of benzene rings is 1. The number of aromatic nitrogens is 2. The summed E-state index contributed by atoms with van der Waals surface area (Å²) in [4.78, 5) is 9.26. The molecule has 0 atom stereocenters. The first kappa shape index (κ1) is 13.3. The molecule has 94 valence electrons. The quantitative estimate of drug-likeness (QED) is 0.851. The van der Waals surface area contributed by atoms with Gasteiger partial charge in [0.1, 0.15) is 5.82 Å². The molecule has 1 N–H and O–H groups in total. The second-order valence-electron chi connectivity index (χ2n) is 4.02. The van der Waals surface area contributed by atoms with Crippen molar-refractivity contribution in [3.8, 4) is 11.4 Å². The summed E-state index contributed by atoms with van der Waals surface area (Å²) in [5.74, 6) is 1.71. The van der Waals surface area contributed by atoms with Gasteiger partial charge in [0.2, 0.25) is 0 Å². The van der Waals surface area contributed by atoms with Gasteiger partial charge in [-0.15, -0.1) is 0 Å². The topological polar surface area (TPSA) is 37.8 Å². The number of rotatable bonds is 4. The fraction of sp³-hybridized carbons (Fsp3) is 0.286. The van der Waals surface area contributed by atoms with Crippen LogP contribution in [-0.4, -0.2) is 17.0 Å². The Morgan fingerprint density at radius 2 is 1.89 bits per heavy atom. The summed E-state index contributed by atoms with van der Waals surface area (Å²) >= 11 is 2.31. The van der Waals surface area contributed by atoms with Crippen LogP contribution in [0.5, 0.6) is 0 Å². The second kappa shape index (κ2) is 6.13. The molecule has 0 amide bonds. The Labute approximate surface area is 121 Å². The Morgan fingerprint density at radius 1 is 1.17 bits per heavy atom. The van der Waals surface area contributed by atoms with Crippen molar-refractivity contribution in [2.75, 3.05) is 12.4 Å². The molecule has 0 radical (unpaired) electrons. The monoisotopic (exact) mass is 353 g/mol. The summed E-state index contributed by atoms with van der Waals surface area (Å²) < 4.78 is 1.12. The molecule has 0 unspecified atom stereocenters. The zero-order chi connectivity index (χ0) is 13.0. The molecular formula is C14H16IN3. The summed E-state index contributed by atoms with van der Waals surface area (Å²) in [6, 6.07) is 10.1. The predicted octanol–water partition coefficient (Wildman–Crippen LogP) is 3.74. The molecule has 0 spiro atoms. The highest BCUT2D eigenvalue weighted by Crippen LogP contribution is 2.24. The van der Waals surface area contributed by atoms with E-state index in [2.05, 4.69) is 44.8 Å². The maximum absolute atomic E-state index is 4.68. The Hall–Kier alpha value is -1.17. The number of hydrogen-bond donors (Lipinski definition) is 1. The molecule has 1 aromatic heterocycles. The van der Waals surface area contributed by atoms with Crippen molar-refractivity contribution in [3.63, 3.8) is 0 Å². The highest BCUT2D eigenvalue weighted by atomic mass is 127. The lowest BCUT2D eigenvalue weighted by Gasteiger charge is -2.10. The molecule has 1 aromatic carbocycles. The molecule has 0 fully saturated rings. The number of anilines is 1. The molecule has 0 aliphatic heterocycles. The van der Waals surface area contributed by atoms with Crippen molar-refractivity contribution in [3.05, 3.63) is 39.6 Å². The molecule has 0 saturated heterocycles.